The zero-order valence-corrected chi connectivity index (χ0v) is 10.2. The lowest BCUT2D eigenvalue weighted by atomic mass is 10.1. The first-order valence-corrected chi connectivity index (χ1v) is 5.95. The summed E-state index contributed by atoms with van der Waals surface area (Å²) in [5.74, 6) is 0.144. The lowest BCUT2D eigenvalue weighted by Crippen LogP contribution is -2.57. The van der Waals surface area contributed by atoms with E-state index in [2.05, 4.69) is 0 Å². The number of carbonyl (C=O) groups excluding carboxylic acids is 1. The van der Waals surface area contributed by atoms with Crippen molar-refractivity contribution in [3.63, 3.8) is 0 Å². The van der Waals surface area contributed by atoms with Crippen LogP contribution in [0.15, 0.2) is 30.3 Å². The molecule has 1 heterocycles. The number of hydrogen-bond donors (Lipinski definition) is 1. The van der Waals surface area contributed by atoms with Gasteiger partial charge >= 0.3 is 0 Å². The van der Waals surface area contributed by atoms with Gasteiger partial charge in [-0.3, -0.25) is 9.69 Å². The van der Waals surface area contributed by atoms with Crippen LogP contribution < -0.4 is 5.73 Å². The van der Waals surface area contributed by atoms with Crippen molar-refractivity contribution in [3.05, 3.63) is 35.9 Å². The largest absolute Gasteiger partial charge is 0.336 e. The Labute approximate surface area is 102 Å². The number of nitrogens with two attached hydrogens (primary N) is 1. The fourth-order valence-corrected chi connectivity index (χ4v) is 2.19. The maximum Gasteiger partial charge on any atom is 0.241 e. The molecule has 0 spiro atoms. The molecule has 1 saturated heterocycles. The molecule has 1 aliphatic heterocycles. The molecule has 4 nitrogen and oxygen atoms in total. The minimum absolute atomic E-state index is 0.144. The molecule has 2 rings (SSSR count). The van der Waals surface area contributed by atoms with E-state index in [1.807, 2.05) is 47.2 Å². The van der Waals surface area contributed by atoms with Crippen molar-refractivity contribution in [3.8, 4) is 0 Å². The standard InChI is InChI=1S/C13H19N3O/c1-15-7-8-16(13(17)12(15)9-14)10-11-5-3-2-4-6-11/h2-6,12H,7-10,14H2,1H3. The second kappa shape index (κ2) is 5.29. The van der Waals surface area contributed by atoms with Gasteiger partial charge in [-0.25, -0.2) is 0 Å². The van der Waals surface area contributed by atoms with E-state index in [4.69, 9.17) is 5.73 Å². The summed E-state index contributed by atoms with van der Waals surface area (Å²) in [5, 5.41) is 0. The summed E-state index contributed by atoms with van der Waals surface area (Å²) in [4.78, 5) is 16.1. The zero-order valence-electron chi connectivity index (χ0n) is 10.2. The van der Waals surface area contributed by atoms with Gasteiger partial charge < -0.3 is 10.6 Å². The van der Waals surface area contributed by atoms with Crippen LogP contribution in [0, 0.1) is 0 Å². The summed E-state index contributed by atoms with van der Waals surface area (Å²) >= 11 is 0. The average Bonchev–Trinajstić information content (AvgIpc) is 2.35. The van der Waals surface area contributed by atoms with Crippen LogP contribution >= 0.6 is 0 Å². The number of nitrogens with zero attached hydrogens (tertiary/aromatic N) is 2. The van der Waals surface area contributed by atoms with Gasteiger partial charge in [0.15, 0.2) is 0 Å². The van der Waals surface area contributed by atoms with E-state index < -0.39 is 0 Å². The summed E-state index contributed by atoms with van der Waals surface area (Å²) in [6.07, 6.45) is 0. The molecular formula is C13H19N3O. The smallest absolute Gasteiger partial charge is 0.241 e. The highest BCUT2D eigenvalue weighted by molar-refractivity contribution is 5.82. The third-order valence-electron chi connectivity index (χ3n) is 3.29. The van der Waals surface area contributed by atoms with Gasteiger partial charge in [-0.2, -0.15) is 0 Å². The highest BCUT2D eigenvalue weighted by Gasteiger charge is 2.31. The van der Waals surface area contributed by atoms with Crippen molar-refractivity contribution in [1.82, 2.24) is 9.80 Å². The lowest BCUT2D eigenvalue weighted by molar-refractivity contribution is -0.141. The van der Waals surface area contributed by atoms with E-state index >= 15 is 0 Å². The minimum atomic E-state index is -0.160. The molecule has 1 aromatic carbocycles. The first-order chi connectivity index (χ1) is 8.22. The van der Waals surface area contributed by atoms with Gasteiger partial charge in [0, 0.05) is 26.2 Å². The van der Waals surface area contributed by atoms with Crippen LogP contribution in [-0.2, 0) is 11.3 Å². The SMILES string of the molecule is CN1CCN(Cc2ccccc2)C(=O)C1CN. The van der Waals surface area contributed by atoms with E-state index in [-0.39, 0.29) is 11.9 Å². The quantitative estimate of drug-likeness (QED) is 0.816. The number of carbonyl (C=O) groups is 1. The predicted molar refractivity (Wildman–Crippen MR) is 67.3 cm³/mol. The van der Waals surface area contributed by atoms with E-state index in [1.165, 1.54) is 5.56 Å². The third-order valence-corrected chi connectivity index (χ3v) is 3.29. The topological polar surface area (TPSA) is 49.6 Å². The molecule has 1 aromatic rings. The second-order valence-corrected chi connectivity index (χ2v) is 4.48. The van der Waals surface area contributed by atoms with Crippen LogP contribution in [0.5, 0.6) is 0 Å². The number of hydrogen-bond acceptors (Lipinski definition) is 3. The van der Waals surface area contributed by atoms with E-state index in [0.29, 0.717) is 13.1 Å². The van der Waals surface area contributed by atoms with Gasteiger partial charge in [-0.05, 0) is 12.6 Å². The summed E-state index contributed by atoms with van der Waals surface area (Å²) < 4.78 is 0. The Morgan fingerprint density at radius 1 is 1.29 bits per heavy atom. The summed E-state index contributed by atoms with van der Waals surface area (Å²) in [7, 11) is 1.95. The van der Waals surface area contributed by atoms with Crippen LogP contribution in [0.3, 0.4) is 0 Å². The molecule has 1 atom stereocenters. The highest BCUT2D eigenvalue weighted by Crippen LogP contribution is 2.12. The summed E-state index contributed by atoms with van der Waals surface area (Å²) in [5.41, 5.74) is 6.82. The number of piperazine rings is 1. The van der Waals surface area contributed by atoms with Crippen LogP contribution in [-0.4, -0.2) is 48.4 Å². The minimum Gasteiger partial charge on any atom is -0.336 e. The monoisotopic (exact) mass is 233 g/mol. The molecule has 0 aliphatic carbocycles. The Balaban J connectivity index is 2.05. The van der Waals surface area contributed by atoms with Gasteiger partial charge in [-0.15, -0.1) is 0 Å². The first-order valence-electron chi connectivity index (χ1n) is 5.95. The van der Waals surface area contributed by atoms with Crippen LogP contribution in [0.25, 0.3) is 0 Å². The molecule has 0 bridgehead atoms. The average molecular weight is 233 g/mol. The number of likely N-dealkylation sites (N-methyl/N-ethyl adjacent to an activating group) is 1. The molecule has 1 amide bonds. The first kappa shape index (κ1) is 12.1. The van der Waals surface area contributed by atoms with Crippen LogP contribution in [0.1, 0.15) is 5.56 Å². The molecule has 0 radical (unpaired) electrons. The summed E-state index contributed by atoms with van der Waals surface area (Å²) in [6.45, 7) is 2.74. The molecule has 1 fully saturated rings. The fourth-order valence-electron chi connectivity index (χ4n) is 2.19. The van der Waals surface area contributed by atoms with Gasteiger partial charge in [-0.1, -0.05) is 30.3 Å². The Morgan fingerprint density at radius 2 is 2.00 bits per heavy atom. The van der Waals surface area contributed by atoms with E-state index in [0.717, 1.165) is 13.1 Å². The van der Waals surface area contributed by atoms with Crippen molar-refractivity contribution < 1.29 is 4.79 Å². The zero-order chi connectivity index (χ0) is 12.3. The second-order valence-electron chi connectivity index (χ2n) is 4.48. The van der Waals surface area contributed by atoms with Gasteiger partial charge in [0.05, 0.1) is 0 Å². The van der Waals surface area contributed by atoms with Crippen molar-refractivity contribution in [2.24, 2.45) is 5.73 Å². The molecular weight excluding hydrogens is 214 g/mol. The molecule has 4 heteroatoms. The van der Waals surface area contributed by atoms with Crippen LogP contribution in [0.4, 0.5) is 0 Å². The number of benzene rings is 1. The van der Waals surface area contributed by atoms with Crippen molar-refractivity contribution in [2.75, 3.05) is 26.7 Å². The van der Waals surface area contributed by atoms with Gasteiger partial charge in [0.1, 0.15) is 6.04 Å². The van der Waals surface area contributed by atoms with E-state index in [1.54, 1.807) is 0 Å². The number of rotatable bonds is 3. The predicted octanol–water partition coefficient (Wildman–Crippen LogP) is 0.288. The molecule has 1 aliphatic rings. The molecule has 92 valence electrons. The van der Waals surface area contributed by atoms with Crippen molar-refractivity contribution in [2.45, 2.75) is 12.6 Å². The van der Waals surface area contributed by atoms with Gasteiger partial charge in [0.2, 0.25) is 5.91 Å². The Hall–Kier alpha value is -1.39. The Kier molecular flexibility index (Phi) is 3.76. The maximum atomic E-state index is 12.2. The number of amides is 1. The third kappa shape index (κ3) is 2.65. The Bertz CT molecular complexity index is 380. The molecule has 17 heavy (non-hydrogen) atoms. The summed E-state index contributed by atoms with van der Waals surface area (Å²) in [6, 6.07) is 9.91. The molecule has 2 N–H and O–H groups in total. The molecule has 1 unspecified atom stereocenters. The maximum absolute atomic E-state index is 12.2. The highest BCUT2D eigenvalue weighted by atomic mass is 16.2. The van der Waals surface area contributed by atoms with Crippen LogP contribution in [0.2, 0.25) is 0 Å². The Morgan fingerprint density at radius 3 is 2.65 bits per heavy atom. The molecule has 0 aromatic heterocycles. The normalized spacial score (nSPS) is 21.9. The molecule has 0 saturated carbocycles. The van der Waals surface area contributed by atoms with Crippen molar-refractivity contribution >= 4 is 5.91 Å². The van der Waals surface area contributed by atoms with Gasteiger partial charge in [0.25, 0.3) is 0 Å². The van der Waals surface area contributed by atoms with E-state index in [9.17, 15) is 4.79 Å². The fraction of sp³-hybridized carbons (Fsp3) is 0.462. The van der Waals surface area contributed by atoms with Crippen molar-refractivity contribution in [1.29, 1.82) is 0 Å². The lowest BCUT2D eigenvalue weighted by Gasteiger charge is -2.38.